The van der Waals surface area contributed by atoms with E-state index < -0.39 is 0 Å². The molecule has 0 fully saturated rings. The van der Waals surface area contributed by atoms with Gasteiger partial charge in [-0.3, -0.25) is 0 Å². The molecular formula is C18H22N2O4. The first kappa shape index (κ1) is 17.5. The molecule has 1 atom stereocenters. The third-order valence-electron chi connectivity index (χ3n) is 3.26. The fourth-order valence-electron chi connectivity index (χ4n) is 2.03. The summed E-state index contributed by atoms with van der Waals surface area (Å²) in [6, 6.07) is 14.0. The fraction of sp³-hybridized carbons (Fsp3) is 0.278. The quantitative estimate of drug-likeness (QED) is 0.817. The highest BCUT2D eigenvalue weighted by molar-refractivity contribution is 5.89. The molecule has 0 radical (unpaired) electrons. The minimum absolute atomic E-state index is 0.155. The van der Waals surface area contributed by atoms with Gasteiger partial charge in [0.05, 0.1) is 20.3 Å². The van der Waals surface area contributed by atoms with Crippen LogP contribution in [0.25, 0.3) is 0 Å². The highest BCUT2D eigenvalue weighted by atomic mass is 16.5. The zero-order valence-corrected chi connectivity index (χ0v) is 14.0. The summed E-state index contributed by atoms with van der Waals surface area (Å²) in [4.78, 5) is 12.0. The molecule has 128 valence electrons. The molecule has 0 aliphatic rings. The largest absolute Gasteiger partial charge is 0.497 e. The molecule has 6 nitrogen and oxygen atoms in total. The van der Waals surface area contributed by atoms with Crippen LogP contribution in [0.4, 0.5) is 10.5 Å². The number of urea groups is 1. The minimum Gasteiger partial charge on any atom is -0.497 e. The summed E-state index contributed by atoms with van der Waals surface area (Å²) in [6.07, 6.45) is 0. The Morgan fingerprint density at radius 3 is 2.33 bits per heavy atom. The molecule has 0 spiro atoms. The molecular weight excluding hydrogens is 308 g/mol. The third-order valence-corrected chi connectivity index (χ3v) is 3.26. The number of carbonyl (C=O) groups is 1. The molecule has 2 aromatic carbocycles. The molecule has 24 heavy (non-hydrogen) atoms. The molecule has 6 heteroatoms. The van der Waals surface area contributed by atoms with Crippen LogP contribution in [0, 0.1) is 0 Å². The van der Waals surface area contributed by atoms with Crippen molar-refractivity contribution in [2.24, 2.45) is 0 Å². The Bertz CT molecular complexity index is 658. The van der Waals surface area contributed by atoms with Crippen LogP contribution in [-0.4, -0.2) is 32.9 Å². The smallest absolute Gasteiger partial charge is 0.319 e. The Morgan fingerprint density at radius 2 is 1.67 bits per heavy atom. The van der Waals surface area contributed by atoms with Gasteiger partial charge in [0, 0.05) is 11.8 Å². The van der Waals surface area contributed by atoms with E-state index in [0.29, 0.717) is 18.0 Å². The average molecular weight is 330 g/mol. The number of nitrogens with one attached hydrogen (secondary N) is 2. The van der Waals surface area contributed by atoms with Crippen molar-refractivity contribution in [3.8, 4) is 17.2 Å². The second-order valence-electron chi connectivity index (χ2n) is 5.22. The first-order valence-corrected chi connectivity index (χ1v) is 7.59. The molecule has 2 aromatic rings. The van der Waals surface area contributed by atoms with Gasteiger partial charge in [0.1, 0.15) is 23.9 Å². The molecule has 0 bridgehead atoms. The summed E-state index contributed by atoms with van der Waals surface area (Å²) in [5.74, 6) is 2.17. The Morgan fingerprint density at radius 1 is 1.00 bits per heavy atom. The van der Waals surface area contributed by atoms with Crippen LogP contribution in [0.2, 0.25) is 0 Å². The maximum Gasteiger partial charge on any atom is 0.319 e. The van der Waals surface area contributed by atoms with E-state index in [1.165, 1.54) is 0 Å². The van der Waals surface area contributed by atoms with Gasteiger partial charge in [0.2, 0.25) is 0 Å². The lowest BCUT2D eigenvalue weighted by molar-refractivity contribution is 0.236. The number of anilines is 1. The van der Waals surface area contributed by atoms with Crippen LogP contribution in [0.15, 0.2) is 48.5 Å². The number of methoxy groups -OCH3 is 2. The van der Waals surface area contributed by atoms with E-state index >= 15 is 0 Å². The molecule has 2 N–H and O–H groups in total. The van der Waals surface area contributed by atoms with Crippen molar-refractivity contribution in [2.45, 2.75) is 13.0 Å². The second kappa shape index (κ2) is 8.67. The van der Waals surface area contributed by atoms with Crippen LogP contribution < -0.4 is 24.8 Å². The van der Waals surface area contributed by atoms with Crippen molar-refractivity contribution < 1.29 is 19.0 Å². The molecule has 2 amide bonds. The summed E-state index contributed by atoms with van der Waals surface area (Å²) in [5, 5.41) is 5.58. The number of ether oxygens (including phenoxy) is 3. The van der Waals surface area contributed by atoms with E-state index in [9.17, 15) is 4.79 Å². The van der Waals surface area contributed by atoms with E-state index in [1.54, 1.807) is 26.4 Å². The predicted molar refractivity (Wildman–Crippen MR) is 93.1 cm³/mol. The van der Waals surface area contributed by atoms with Crippen molar-refractivity contribution in [3.05, 3.63) is 48.5 Å². The maximum absolute atomic E-state index is 12.0. The SMILES string of the molecule is COc1ccc(OC[C@H](C)NC(=O)Nc2cccc(OC)c2)cc1. The Hall–Kier alpha value is -2.89. The van der Waals surface area contributed by atoms with Gasteiger partial charge in [-0.1, -0.05) is 6.07 Å². The average Bonchev–Trinajstić information content (AvgIpc) is 2.60. The highest BCUT2D eigenvalue weighted by Crippen LogP contribution is 2.18. The highest BCUT2D eigenvalue weighted by Gasteiger charge is 2.09. The fourth-order valence-corrected chi connectivity index (χ4v) is 2.03. The molecule has 0 unspecified atom stereocenters. The van der Waals surface area contributed by atoms with Crippen molar-refractivity contribution in [1.82, 2.24) is 5.32 Å². The topological polar surface area (TPSA) is 68.8 Å². The van der Waals surface area contributed by atoms with E-state index in [-0.39, 0.29) is 12.1 Å². The lowest BCUT2D eigenvalue weighted by Crippen LogP contribution is -2.39. The molecule has 0 saturated carbocycles. The minimum atomic E-state index is -0.297. The second-order valence-corrected chi connectivity index (χ2v) is 5.22. The zero-order valence-electron chi connectivity index (χ0n) is 14.0. The van der Waals surface area contributed by atoms with E-state index in [1.807, 2.05) is 43.3 Å². The van der Waals surface area contributed by atoms with Gasteiger partial charge in [-0.25, -0.2) is 4.79 Å². The van der Waals surface area contributed by atoms with Gasteiger partial charge in [-0.15, -0.1) is 0 Å². The number of amides is 2. The third kappa shape index (κ3) is 5.39. The van der Waals surface area contributed by atoms with E-state index in [0.717, 1.165) is 11.5 Å². The van der Waals surface area contributed by atoms with Crippen LogP contribution in [0.5, 0.6) is 17.2 Å². The van der Waals surface area contributed by atoms with Gasteiger partial charge >= 0.3 is 6.03 Å². The van der Waals surface area contributed by atoms with Crippen molar-refractivity contribution in [2.75, 3.05) is 26.1 Å². The van der Waals surface area contributed by atoms with Crippen LogP contribution in [0.3, 0.4) is 0 Å². The van der Waals surface area contributed by atoms with Crippen LogP contribution >= 0.6 is 0 Å². The molecule has 0 aliphatic heterocycles. The van der Waals surface area contributed by atoms with Crippen molar-refractivity contribution in [1.29, 1.82) is 0 Å². The molecule has 0 aromatic heterocycles. The number of carbonyl (C=O) groups excluding carboxylic acids is 1. The van der Waals surface area contributed by atoms with Gasteiger partial charge < -0.3 is 24.8 Å². The monoisotopic (exact) mass is 330 g/mol. The van der Waals surface area contributed by atoms with E-state index in [2.05, 4.69) is 10.6 Å². The molecule has 0 saturated heterocycles. The first-order valence-electron chi connectivity index (χ1n) is 7.59. The number of rotatable bonds is 7. The summed E-state index contributed by atoms with van der Waals surface area (Å²) >= 11 is 0. The van der Waals surface area contributed by atoms with Crippen molar-refractivity contribution >= 4 is 11.7 Å². The van der Waals surface area contributed by atoms with Gasteiger partial charge in [0.15, 0.2) is 0 Å². The van der Waals surface area contributed by atoms with Gasteiger partial charge in [-0.2, -0.15) is 0 Å². The van der Waals surface area contributed by atoms with Crippen molar-refractivity contribution in [3.63, 3.8) is 0 Å². The normalized spacial score (nSPS) is 11.3. The summed E-state index contributed by atoms with van der Waals surface area (Å²) in [5.41, 5.74) is 0.662. The van der Waals surface area contributed by atoms with Gasteiger partial charge in [0.25, 0.3) is 0 Å². The number of benzene rings is 2. The maximum atomic E-state index is 12.0. The lowest BCUT2D eigenvalue weighted by Gasteiger charge is -2.16. The number of hydrogen-bond donors (Lipinski definition) is 2. The lowest BCUT2D eigenvalue weighted by atomic mass is 10.3. The Balaban J connectivity index is 1.78. The van der Waals surface area contributed by atoms with Crippen LogP contribution in [0.1, 0.15) is 6.92 Å². The molecule has 0 heterocycles. The van der Waals surface area contributed by atoms with E-state index in [4.69, 9.17) is 14.2 Å². The predicted octanol–water partition coefficient (Wildman–Crippen LogP) is 3.29. The summed E-state index contributed by atoms with van der Waals surface area (Å²) in [7, 11) is 3.19. The Labute approximate surface area is 141 Å². The summed E-state index contributed by atoms with van der Waals surface area (Å²) in [6.45, 7) is 2.23. The first-order chi connectivity index (χ1) is 11.6. The van der Waals surface area contributed by atoms with Crippen LogP contribution in [-0.2, 0) is 0 Å². The standard InChI is InChI=1S/C18H22N2O4/c1-13(12-24-16-9-7-15(22-2)8-10-16)19-18(21)20-14-5-4-6-17(11-14)23-3/h4-11,13H,12H2,1-3H3,(H2,19,20,21)/t13-/m0/s1. The molecule has 0 aliphatic carbocycles. The zero-order chi connectivity index (χ0) is 17.4. The summed E-state index contributed by atoms with van der Waals surface area (Å²) < 4.78 is 15.8. The Kier molecular flexibility index (Phi) is 6.31. The van der Waals surface area contributed by atoms with Gasteiger partial charge in [-0.05, 0) is 43.3 Å². The number of hydrogen-bond acceptors (Lipinski definition) is 4. The molecule has 2 rings (SSSR count).